The SMILES string of the molecule is O=C(NC[C@@H](CC1CCCCC1)N(C[C@H]1CCCN1CCCCC1CCCCC1)C(=O)Nc1ccccc1)NC(=O)Nc1ccccc1. The number of imide groups is 1. The van der Waals surface area contributed by atoms with Gasteiger partial charge in [0.25, 0.3) is 0 Å². The molecule has 2 aliphatic carbocycles. The molecule has 6 amide bonds. The van der Waals surface area contributed by atoms with Crippen molar-refractivity contribution in [2.45, 2.75) is 115 Å². The number of nitrogens with zero attached hydrogens (tertiary/aromatic N) is 2. The topological polar surface area (TPSA) is 106 Å². The number of rotatable bonds is 14. The van der Waals surface area contributed by atoms with Crippen LogP contribution in [0.1, 0.15) is 103 Å². The van der Waals surface area contributed by atoms with Crippen LogP contribution in [0.4, 0.5) is 25.8 Å². The minimum atomic E-state index is -0.591. The van der Waals surface area contributed by atoms with E-state index >= 15 is 0 Å². The minimum Gasteiger partial charge on any atom is -0.336 e. The number of unbranched alkanes of at least 4 members (excludes halogenated alkanes) is 1. The van der Waals surface area contributed by atoms with Gasteiger partial charge in [0.2, 0.25) is 0 Å². The fraction of sp³-hybridized carbons (Fsp3) is 0.615. The van der Waals surface area contributed by atoms with Gasteiger partial charge < -0.3 is 20.9 Å². The lowest BCUT2D eigenvalue weighted by atomic mass is 9.84. The van der Waals surface area contributed by atoms with Crippen molar-refractivity contribution in [1.29, 1.82) is 0 Å². The molecule has 1 heterocycles. The van der Waals surface area contributed by atoms with Gasteiger partial charge in [0.1, 0.15) is 0 Å². The van der Waals surface area contributed by atoms with Crippen LogP contribution < -0.4 is 21.3 Å². The maximum absolute atomic E-state index is 14.2. The van der Waals surface area contributed by atoms with Crippen LogP contribution in [0.3, 0.4) is 0 Å². The molecule has 0 bridgehead atoms. The molecule has 5 rings (SSSR count). The van der Waals surface area contributed by atoms with Crippen molar-refractivity contribution in [2.24, 2.45) is 11.8 Å². The summed E-state index contributed by atoms with van der Waals surface area (Å²) in [6, 6.07) is 17.5. The molecule has 2 atom stereocenters. The lowest BCUT2D eigenvalue weighted by Crippen LogP contribution is -2.54. The van der Waals surface area contributed by atoms with Crippen LogP contribution in [0.25, 0.3) is 0 Å². The van der Waals surface area contributed by atoms with E-state index in [2.05, 4.69) is 26.2 Å². The first-order valence-corrected chi connectivity index (χ1v) is 18.8. The fourth-order valence-electron chi connectivity index (χ4n) is 8.13. The first kappa shape index (κ1) is 35.7. The molecule has 1 saturated heterocycles. The number of benzene rings is 2. The maximum atomic E-state index is 14.2. The Bertz CT molecular complexity index is 1250. The monoisotopic (exact) mass is 658 g/mol. The number of hydrogen-bond donors (Lipinski definition) is 4. The van der Waals surface area contributed by atoms with Gasteiger partial charge in [-0.3, -0.25) is 10.2 Å². The smallest absolute Gasteiger partial charge is 0.327 e. The van der Waals surface area contributed by atoms with E-state index in [0.29, 0.717) is 24.2 Å². The average Bonchev–Trinajstić information content (AvgIpc) is 3.56. The summed E-state index contributed by atoms with van der Waals surface area (Å²) >= 11 is 0. The summed E-state index contributed by atoms with van der Waals surface area (Å²) in [4.78, 5) is 44.3. The molecule has 2 aromatic rings. The van der Waals surface area contributed by atoms with Gasteiger partial charge in [0.15, 0.2) is 0 Å². The van der Waals surface area contributed by atoms with Crippen LogP contribution in [0.5, 0.6) is 0 Å². The summed E-state index contributed by atoms with van der Waals surface area (Å²) in [5.41, 5.74) is 1.37. The number of nitrogens with one attached hydrogen (secondary N) is 4. The van der Waals surface area contributed by atoms with E-state index < -0.39 is 12.1 Å². The number of carbonyl (C=O) groups excluding carboxylic acids is 3. The number of hydrogen-bond acceptors (Lipinski definition) is 4. The van der Waals surface area contributed by atoms with E-state index in [1.807, 2.05) is 53.4 Å². The predicted molar refractivity (Wildman–Crippen MR) is 194 cm³/mol. The second kappa shape index (κ2) is 19.4. The quantitative estimate of drug-likeness (QED) is 0.153. The van der Waals surface area contributed by atoms with Crippen molar-refractivity contribution in [3.63, 3.8) is 0 Å². The molecule has 3 aliphatic rings. The number of likely N-dealkylation sites (tertiary alicyclic amines) is 1. The summed E-state index contributed by atoms with van der Waals surface area (Å²) in [5, 5.41) is 11.2. The molecule has 2 saturated carbocycles. The highest BCUT2D eigenvalue weighted by Gasteiger charge is 2.33. The van der Waals surface area contributed by atoms with Gasteiger partial charge in [0, 0.05) is 30.5 Å². The molecule has 0 spiro atoms. The van der Waals surface area contributed by atoms with Gasteiger partial charge in [-0.15, -0.1) is 0 Å². The Kier molecular flexibility index (Phi) is 14.4. The number of anilines is 2. The number of urea groups is 3. The first-order chi connectivity index (χ1) is 23.5. The van der Waals surface area contributed by atoms with Crippen LogP contribution in [-0.4, -0.2) is 66.2 Å². The van der Waals surface area contributed by atoms with Crippen molar-refractivity contribution >= 4 is 29.5 Å². The second-order valence-electron chi connectivity index (χ2n) is 14.3. The molecule has 262 valence electrons. The molecule has 0 unspecified atom stereocenters. The predicted octanol–water partition coefficient (Wildman–Crippen LogP) is 8.61. The molecule has 3 fully saturated rings. The highest BCUT2D eigenvalue weighted by Crippen LogP contribution is 2.31. The van der Waals surface area contributed by atoms with Gasteiger partial charge in [0.05, 0.1) is 6.04 Å². The summed E-state index contributed by atoms with van der Waals surface area (Å²) in [6.07, 6.45) is 19.9. The highest BCUT2D eigenvalue weighted by molar-refractivity contribution is 6.00. The lowest BCUT2D eigenvalue weighted by molar-refractivity contribution is 0.131. The zero-order valence-electron chi connectivity index (χ0n) is 28.8. The summed E-state index contributed by atoms with van der Waals surface area (Å²) < 4.78 is 0. The van der Waals surface area contributed by atoms with Crippen LogP contribution in [0.15, 0.2) is 60.7 Å². The van der Waals surface area contributed by atoms with Crippen molar-refractivity contribution in [1.82, 2.24) is 20.4 Å². The van der Waals surface area contributed by atoms with Crippen LogP contribution >= 0.6 is 0 Å². The van der Waals surface area contributed by atoms with Gasteiger partial charge in [-0.25, -0.2) is 14.4 Å². The van der Waals surface area contributed by atoms with Gasteiger partial charge in [-0.05, 0) is 74.9 Å². The number of para-hydroxylation sites is 2. The van der Waals surface area contributed by atoms with Gasteiger partial charge in [-0.2, -0.15) is 0 Å². The van der Waals surface area contributed by atoms with E-state index in [-0.39, 0.29) is 18.6 Å². The molecule has 4 N–H and O–H groups in total. The Morgan fingerprint density at radius 3 is 2.00 bits per heavy atom. The lowest BCUT2D eigenvalue weighted by Gasteiger charge is -2.38. The third kappa shape index (κ3) is 11.8. The Hall–Kier alpha value is -3.59. The van der Waals surface area contributed by atoms with E-state index in [1.165, 1.54) is 70.6 Å². The third-order valence-corrected chi connectivity index (χ3v) is 10.8. The van der Waals surface area contributed by atoms with Gasteiger partial charge >= 0.3 is 18.1 Å². The number of amides is 6. The molecular weight excluding hydrogens is 600 g/mol. The zero-order valence-corrected chi connectivity index (χ0v) is 28.8. The average molecular weight is 659 g/mol. The highest BCUT2D eigenvalue weighted by atomic mass is 16.2. The van der Waals surface area contributed by atoms with Gasteiger partial charge in [-0.1, -0.05) is 113 Å². The molecule has 0 radical (unpaired) electrons. The minimum absolute atomic E-state index is 0.129. The molecule has 0 aromatic heterocycles. The molecule has 9 nitrogen and oxygen atoms in total. The Morgan fingerprint density at radius 1 is 0.708 bits per heavy atom. The third-order valence-electron chi connectivity index (χ3n) is 10.8. The van der Waals surface area contributed by atoms with Crippen LogP contribution in [0, 0.1) is 11.8 Å². The van der Waals surface area contributed by atoms with E-state index in [4.69, 9.17) is 0 Å². The van der Waals surface area contributed by atoms with E-state index in [0.717, 1.165) is 56.8 Å². The number of carbonyl (C=O) groups is 3. The maximum Gasteiger partial charge on any atom is 0.327 e. The molecule has 2 aromatic carbocycles. The van der Waals surface area contributed by atoms with Crippen molar-refractivity contribution in [3.05, 3.63) is 60.7 Å². The zero-order chi connectivity index (χ0) is 33.4. The molecule has 48 heavy (non-hydrogen) atoms. The summed E-state index contributed by atoms with van der Waals surface area (Å²) in [7, 11) is 0. The van der Waals surface area contributed by atoms with Crippen LogP contribution in [-0.2, 0) is 0 Å². The Labute approximate surface area is 288 Å². The summed E-state index contributed by atoms with van der Waals surface area (Å²) in [6.45, 7) is 3.05. The fourth-order valence-corrected chi connectivity index (χ4v) is 8.13. The largest absolute Gasteiger partial charge is 0.336 e. The van der Waals surface area contributed by atoms with E-state index in [9.17, 15) is 14.4 Å². The Morgan fingerprint density at radius 2 is 1.33 bits per heavy atom. The second-order valence-corrected chi connectivity index (χ2v) is 14.3. The molecule has 1 aliphatic heterocycles. The van der Waals surface area contributed by atoms with E-state index in [1.54, 1.807) is 12.1 Å². The van der Waals surface area contributed by atoms with Crippen molar-refractivity contribution in [3.8, 4) is 0 Å². The molecule has 9 heteroatoms. The van der Waals surface area contributed by atoms with Crippen LogP contribution in [0.2, 0.25) is 0 Å². The van der Waals surface area contributed by atoms with Crippen molar-refractivity contribution in [2.75, 3.05) is 36.8 Å². The standard InChI is InChI=1S/C39H58N6O3/c46-37(43-38(47)41-33-21-9-3-10-22-33)40-29-36(28-32-19-7-2-8-20-32)45(39(48)42-34-23-11-4-12-24-34)30-35-25-15-27-44(35)26-14-13-18-31-16-5-1-6-17-31/h3-4,9-12,21-24,31-32,35-36H,1-2,5-8,13-20,25-30H2,(H,42,48)(H3,40,41,43,46,47)/t35-,36-/m1/s1. The Balaban J connectivity index is 1.24. The summed E-state index contributed by atoms with van der Waals surface area (Å²) in [5.74, 6) is 1.42. The van der Waals surface area contributed by atoms with Crippen molar-refractivity contribution < 1.29 is 14.4 Å². The normalized spacial score (nSPS) is 19.7. The first-order valence-electron chi connectivity index (χ1n) is 18.8. The molecular formula is C39H58N6O3.